The number of allylic oxidation sites excluding steroid dienone is 2. The van der Waals surface area contributed by atoms with Crippen molar-refractivity contribution in [3.05, 3.63) is 52.2 Å². The van der Waals surface area contributed by atoms with Gasteiger partial charge < -0.3 is 9.64 Å². The van der Waals surface area contributed by atoms with Gasteiger partial charge in [-0.1, -0.05) is 37.2 Å². The standard InChI is InChI=1S/C20H24N2O2S/c1-5-6-9-16-12-25-20-21-13(2)18(14(3)23)19(22(16)20)15-8-7-10-17(11-15)24-4/h7-8,10-12,19H,5-6,9H2,1-4H3. The minimum atomic E-state index is -0.141. The lowest BCUT2D eigenvalue weighted by Crippen LogP contribution is -2.35. The molecule has 0 spiro atoms. The topological polar surface area (TPSA) is 41.9 Å². The Bertz CT molecular complexity index is 780. The number of hydrogen-bond acceptors (Lipinski definition) is 5. The molecule has 0 saturated heterocycles. The van der Waals surface area contributed by atoms with E-state index in [9.17, 15) is 4.79 Å². The van der Waals surface area contributed by atoms with Gasteiger partial charge in [0.2, 0.25) is 0 Å². The van der Waals surface area contributed by atoms with Crippen molar-refractivity contribution in [3.63, 3.8) is 0 Å². The zero-order valence-electron chi connectivity index (χ0n) is 15.2. The number of nitrogens with zero attached hydrogens (tertiary/aromatic N) is 2. The van der Waals surface area contributed by atoms with Gasteiger partial charge in [0, 0.05) is 17.0 Å². The predicted molar refractivity (Wildman–Crippen MR) is 104 cm³/mol. The maximum Gasteiger partial charge on any atom is 0.173 e. The maximum atomic E-state index is 12.4. The van der Waals surface area contributed by atoms with E-state index in [1.807, 2.05) is 25.1 Å². The molecule has 0 N–H and O–H groups in total. The van der Waals surface area contributed by atoms with Crippen molar-refractivity contribution < 1.29 is 9.53 Å². The number of ketones is 1. The van der Waals surface area contributed by atoms with Crippen molar-refractivity contribution in [1.29, 1.82) is 0 Å². The minimum Gasteiger partial charge on any atom is -0.497 e. The van der Waals surface area contributed by atoms with E-state index in [2.05, 4.69) is 23.3 Å². The third-order valence-corrected chi connectivity index (χ3v) is 5.46. The molecule has 4 nitrogen and oxygen atoms in total. The Kier molecular flexibility index (Phi) is 5.33. The molecule has 2 heterocycles. The van der Waals surface area contributed by atoms with Crippen molar-refractivity contribution in [1.82, 2.24) is 4.90 Å². The number of fused-ring (bicyclic) bond motifs is 1. The third-order valence-electron chi connectivity index (χ3n) is 4.58. The molecule has 0 fully saturated rings. The van der Waals surface area contributed by atoms with Crippen LogP contribution in [0.5, 0.6) is 5.75 Å². The summed E-state index contributed by atoms with van der Waals surface area (Å²) in [5, 5.41) is 3.14. The Morgan fingerprint density at radius 2 is 2.20 bits per heavy atom. The van der Waals surface area contributed by atoms with Gasteiger partial charge in [0.1, 0.15) is 5.75 Å². The van der Waals surface area contributed by atoms with Crippen LogP contribution in [0.3, 0.4) is 0 Å². The van der Waals surface area contributed by atoms with Crippen LogP contribution in [0.15, 0.2) is 51.6 Å². The third kappa shape index (κ3) is 3.38. The molecular weight excluding hydrogens is 332 g/mol. The lowest BCUT2D eigenvalue weighted by atomic mass is 9.91. The van der Waals surface area contributed by atoms with E-state index in [0.717, 1.165) is 47.0 Å². The monoisotopic (exact) mass is 356 g/mol. The Balaban J connectivity index is 2.09. The molecule has 1 atom stereocenters. The van der Waals surface area contributed by atoms with Crippen LogP contribution in [0.1, 0.15) is 51.6 Å². The summed E-state index contributed by atoms with van der Waals surface area (Å²) in [5.41, 5.74) is 3.87. The molecule has 2 aliphatic heterocycles. The van der Waals surface area contributed by atoms with Crippen LogP contribution in [0, 0.1) is 0 Å². The van der Waals surface area contributed by atoms with Crippen molar-refractivity contribution in [3.8, 4) is 5.75 Å². The lowest BCUT2D eigenvalue weighted by molar-refractivity contribution is -0.114. The summed E-state index contributed by atoms with van der Waals surface area (Å²) >= 11 is 1.65. The smallest absolute Gasteiger partial charge is 0.173 e. The average Bonchev–Trinajstić information content (AvgIpc) is 3.00. The molecule has 1 aromatic carbocycles. The minimum absolute atomic E-state index is 0.0693. The second-order valence-corrected chi connectivity index (χ2v) is 7.17. The van der Waals surface area contributed by atoms with Crippen molar-refractivity contribution >= 4 is 22.7 Å². The fourth-order valence-corrected chi connectivity index (χ4v) is 4.35. The Morgan fingerprint density at radius 3 is 2.88 bits per heavy atom. The van der Waals surface area contributed by atoms with Crippen molar-refractivity contribution in [2.45, 2.75) is 46.1 Å². The highest BCUT2D eigenvalue weighted by atomic mass is 32.2. The van der Waals surface area contributed by atoms with Gasteiger partial charge in [-0.15, -0.1) is 0 Å². The highest BCUT2D eigenvalue weighted by Gasteiger charge is 2.38. The van der Waals surface area contributed by atoms with E-state index in [4.69, 9.17) is 9.73 Å². The molecule has 0 bridgehead atoms. The molecule has 3 rings (SSSR count). The number of aliphatic imine (C=N–C) groups is 1. The highest BCUT2D eigenvalue weighted by Crippen LogP contribution is 2.45. The molecule has 0 radical (unpaired) electrons. The number of Topliss-reactive ketones (excluding diaryl/α,β-unsaturated/α-hetero) is 1. The number of carbonyl (C=O) groups excluding carboxylic acids is 1. The number of thioether (sulfide) groups is 1. The van der Waals surface area contributed by atoms with Crippen LogP contribution in [0.4, 0.5) is 0 Å². The molecule has 0 amide bonds. The molecule has 1 aromatic rings. The zero-order chi connectivity index (χ0) is 18.0. The molecule has 0 aliphatic carbocycles. The van der Waals surface area contributed by atoms with Gasteiger partial charge in [-0.3, -0.25) is 4.79 Å². The lowest BCUT2D eigenvalue weighted by Gasteiger charge is -2.36. The van der Waals surface area contributed by atoms with Crippen molar-refractivity contribution in [2.75, 3.05) is 7.11 Å². The molecule has 0 aromatic heterocycles. The van der Waals surface area contributed by atoms with Gasteiger partial charge >= 0.3 is 0 Å². The van der Waals surface area contributed by atoms with E-state index in [1.165, 1.54) is 5.70 Å². The van der Waals surface area contributed by atoms with Crippen LogP contribution in [0.2, 0.25) is 0 Å². The number of ether oxygens (including phenoxy) is 1. The van der Waals surface area contributed by atoms with Gasteiger partial charge in [0.25, 0.3) is 0 Å². The summed E-state index contributed by atoms with van der Waals surface area (Å²) < 4.78 is 5.40. The number of benzene rings is 1. The first kappa shape index (κ1) is 17.8. The van der Waals surface area contributed by atoms with Gasteiger partial charge in [-0.05, 0) is 49.8 Å². The fraction of sp³-hybridized carbons (Fsp3) is 0.400. The average molecular weight is 356 g/mol. The SMILES string of the molecule is CCCCC1=CSC2=NC(C)=C(C(C)=O)C(c3cccc(OC)c3)N12. The Labute approximate surface area is 153 Å². The summed E-state index contributed by atoms with van der Waals surface area (Å²) in [5.74, 6) is 0.868. The fourth-order valence-electron chi connectivity index (χ4n) is 3.36. The summed E-state index contributed by atoms with van der Waals surface area (Å²) in [6.07, 6.45) is 3.26. The van der Waals surface area contributed by atoms with E-state index in [-0.39, 0.29) is 11.8 Å². The molecule has 5 heteroatoms. The number of amidine groups is 1. The first-order chi connectivity index (χ1) is 12.1. The van der Waals surface area contributed by atoms with Crippen LogP contribution in [0.25, 0.3) is 0 Å². The quantitative estimate of drug-likeness (QED) is 0.715. The molecule has 0 saturated carbocycles. The number of methoxy groups -OCH3 is 1. The molecular formula is C20H24N2O2S. The summed E-state index contributed by atoms with van der Waals surface area (Å²) in [6.45, 7) is 5.75. The molecule has 2 aliphatic rings. The molecule has 1 unspecified atom stereocenters. The van der Waals surface area contributed by atoms with Gasteiger partial charge in [-0.2, -0.15) is 0 Å². The highest BCUT2D eigenvalue weighted by molar-refractivity contribution is 8.16. The predicted octanol–water partition coefficient (Wildman–Crippen LogP) is 5.05. The Hall–Kier alpha value is -2.01. The first-order valence-electron chi connectivity index (χ1n) is 8.66. The number of carbonyl (C=O) groups is 1. The van der Waals surface area contributed by atoms with Gasteiger partial charge in [-0.25, -0.2) is 4.99 Å². The normalized spacial score (nSPS) is 19.5. The van der Waals surface area contributed by atoms with Crippen molar-refractivity contribution in [2.24, 2.45) is 4.99 Å². The summed E-state index contributed by atoms with van der Waals surface area (Å²) in [4.78, 5) is 19.4. The Morgan fingerprint density at radius 1 is 1.40 bits per heavy atom. The summed E-state index contributed by atoms with van der Waals surface area (Å²) in [7, 11) is 1.66. The molecule has 132 valence electrons. The van der Waals surface area contributed by atoms with Crippen LogP contribution < -0.4 is 4.74 Å². The number of hydrogen-bond donors (Lipinski definition) is 0. The maximum absolute atomic E-state index is 12.4. The van der Waals surface area contributed by atoms with E-state index >= 15 is 0 Å². The van der Waals surface area contributed by atoms with E-state index in [0.29, 0.717) is 0 Å². The first-order valence-corrected chi connectivity index (χ1v) is 9.54. The second kappa shape index (κ2) is 7.48. The second-order valence-electron chi connectivity index (χ2n) is 6.33. The largest absolute Gasteiger partial charge is 0.497 e. The van der Waals surface area contributed by atoms with Crippen LogP contribution in [-0.4, -0.2) is 23.0 Å². The van der Waals surface area contributed by atoms with Gasteiger partial charge in [0.05, 0.1) is 13.2 Å². The number of unbranched alkanes of at least 4 members (excludes halogenated alkanes) is 1. The van der Waals surface area contributed by atoms with Crippen LogP contribution >= 0.6 is 11.8 Å². The summed E-state index contributed by atoms with van der Waals surface area (Å²) in [6, 6.07) is 7.85. The van der Waals surface area contributed by atoms with E-state index in [1.54, 1.807) is 25.8 Å². The molecule has 25 heavy (non-hydrogen) atoms. The van der Waals surface area contributed by atoms with Crippen LogP contribution in [-0.2, 0) is 4.79 Å². The zero-order valence-corrected chi connectivity index (χ0v) is 16.0. The van der Waals surface area contributed by atoms with E-state index < -0.39 is 0 Å². The number of rotatable bonds is 6. The van der Waals surface area contributed by atoms with Gasteiger partial charge in [0.15, 0.2) is 11.0 Å².